The Hall–Kier alpha value is -1.69. The Bertz CT molecular complexity index is 312. The van der Waals surface area contributed by atoms with Crippen molar-refractivity contribution in [1.29, 1.82) is 0 Å². The minimum Gasteiger partial charge on any atom is -0.480 e. The number of carboxylic acids is 1. The largest absolute Gasteiger partial charge is 0.480 e. The molecule has 0 aromatic carbocycles. The van der Waals surface area contributed by atoms with Crippen LogP contribution in [0.1, 0.15) is 5.69 Å². The molecule has 0 saturated heterocycles. The second kappa shape index (κ2) is 4.52. The number of aliphatic carboxylic acids is 1. The van der Waals surface area contributed by atoms with Gasteiger partial charge in [0.15, 0.2) is 0 Å². The third-order valence-corrected chi connectivity index (χ3v) is 1.50. The quantitative estimate of drug-likeness (QED) is 0.680. The minimum absolute atomic E-state index is 0.118. The highest BCUT2D eigenvalue weighted by atomic mass is 16.5. The molecule has 6 heteroatoms. The molecular weight excluding hydrogens is 186 g/mol. The molecule has 0 amide bonds. The first-order valence-electron chi connectivity index (χ1n) is 4.01. The minimum atomic E-state index is -1.11. The van der Waals surface area contributed by atoms with Gasteiger partial charge in [-0.3, -0.25) is 4.79 Å². The van der Waals surface area contributed by atoms with E-state index in [1.54, 1.807) is 19.1 Å². The maximum atomic E-state index is 10.3. The molecule has 6 nitrogen and oxygen atoms in total. The summed E-state index contributed by atoms with van der Waals surface area (Å²) >= 11 is 0. The molecule has 0 saturated carbocycles. The van der Waals surface area contributed by atoms with Gasteiger partial charge < -0.3 is 15.6 Å². The zero-order valence-electron chi connectivity index (χ0n) is 7.67. The fourth-order valence-electron chi connectivity index (χ4n) is 0.710. The van der Waals surface area contributed by atoms with Crippen molar-refractivity contribution in [3.63, 3.8) is 0 Å². The van der Waals surface area contributed by atoms with E-state index in [4.69, 9.17) is 15.6 Å². The van der Waals surface area contributed by atoms with Crippen molar-refractivity contribution in [2.75, 3.05) is 6.61 Å². The van der Waals surface area contributed by atoms with Crippen LogP contribution in [-0.4, -0.2) is 33.9 Å². The number of nitrogens with zero attached hydrogens (tertiary/aromatic N) is 2. The smallest absolute Gasteiger partial charge is 0.324 e. The zero-order valence-corrected chi connectivity index (χ0v) is 7.67. The normalized spacial score (nSPS) is 12.1. The molecule has 1 atom stereocenters. The maximum absolute atomic E-state index is 10.3. The van der Waals surface area contributed by atoms with Gasteiger partial charge in [0.25, 0.3) is 0 Å². The first-order chi connectivity index (χ1) is 6.59. The lowest BCUT2D eigenvalue weighted by atomic mass is 10.3. The second-order valence-electron chi connectivity index (χ2n) is 2.77. The van der Waals surface area contributed by atoms with E-state index in [9.17, 15) is 4.79 Å². The van der Waals surface area contributed by atoms with Crippen molar-refractivity contribution in [1.82, 2.24) is 10.2 Å². The van der Waals surface area contributed by atoms with Crippen molar-refractivity contribution in [3.05, 3.63) is 17.8 Å². The Morgan fingerprint density at radius 2 is 2.36 bits per heavy atom. The first-order valence-corrected chi connectivity index (χ1v) is 4.01. The Morgan fingerprint density at radius 3 is 2.86 bits per heavy atom. The lowest BCUT2D eigenvalue weighted by Gasteiger charge is -2.07. The molecular formula is C8H11N3O3. The molecule has 0 bridgehead atoms. The van der Waals surface area contributed by atoms with Crippen LogP contribution in [0.15, 0.2) is 12.1 Å². The standard InChI is InChI=1S/C8H11N3O3/c1-5-2-3-7(11-10-5)14-4-6(9)8(12)13/h2-3,6H,4,9H2,1H3,(H,12,13). The Balaban J connectivity index is 2.46. The van der Waals surface area contributed by atoms with Crippen LogP contribution in [0.4, 0.5) is 0 Å². The van der Waals surface area contributed by atoms with Crippen LogP contribution in [-0.2, 0) is 4.79 Å². The number of carbonyl (C=O) groups is 1. The summed E-state index contributed by atoms with van der Waals surface area (Å²) in [5.41, 5.74) is 5.99. The van der Waals surface area contributed by atoms with Gasteiger partial charge in [-0.25, -0.2) is 0 Å². The summed E-state index contributed by atoms with van der Waals surface area (Å²) < 4.78 is 5.00. The lowest BCUT2D eigenvalue weighted by Crippen LogP contribution is -2.36. The Labute approximate surface area is 80.7 Å². The average Bonchev–Trinajstić information content (AvgIpc) is 2.16. The summed E-state index contributed by atoms with van der Waals surface area (Å²) in [6.45, 7) is 1.67. The van der Waals surface area contributed by atoms with Crippen LogP contribution >= 0.6 is 0 Å². The van der Waals surface area contributed by atoms with Crippen LogP contribution in [0.3, 0.4) is 0 Å². The van der Waals surface area contributed by atoms with Gasteiger partial charge in [0.1, 0.15) is 12.6 Å². The zero-order chi connectivity index (χ0) is 10.6. The van der Waals surface area contributed by atoms with Crippen LogP contribution in [0.5, 0.6) is 5.88 Å². The van der Waals surface area contributed by atoms with Crippen molar-refractivity contribution in [2.45, 2.75) is 13.0 Å². The van der Waals surface area contributed by atoms with Gasteiger partial charge in [0, 0.05) is 6.07 Å². The van der Waals surface area contributed by atoms with E-state index in [1.807, 2.05) is 0 Å². The summed E-state index contributed by atoms with van der Waals surface area (Å²) in [4.78, 5) is 10.3. The highest BCUT2D eigenvalue weighted by molar-refractivity contribution is 5.73. The Morgan fingerprint density at radius 1 is 1.64 bits per heavy atom. The number of hydrogen-bond donors (Lipinski definition) is 2. The van der Waals surface area contributed by atoms with E-state index in [0.717, 1.165) is 5.69 Å². The highest BCUT2D eigenvalue weighted by Gasteiger charge is 2.12. The summed E-state index contributed by atoms with van der Waals surface area (Å²) in [6.07, 6.45) is 0. The average molecular weight is 197 g/mol. The number of nitrogens with two attached hydrogens (primary N) is 1. The van der Waals surface area contributed by atoms with E-state index in [2.05, 4.69) is 10.2 Å². The molecule has 0 aliphatic rings. The molecule has 14 heavy (non-hydrogen) atoms. The van der Waals surface area contributed by atoms with Crippen molar-refractivity contribution >= 4 is 5.97 Å². The van der Waals surface area contributed by atoms with Gasteiger partial charge in [-0.2, -0.15) is 5.10 Å². The molecule has 0 radical (unpaired) electrons. The molecule has 76 valence electrons. The fourth-order valence-corrected chi connectivity index (χ4v) is 0.710. The SMILES string of the molecule is Cc1ccc(OCC(N)C(=O)O)nn1. The molecule has 1 aromatic rings. The van der Waals surface area contributed by atoms with Crippen LogP contribution in [0.25, 0.3) is 0 Å². The Kier molecular flexibility index (Phi) is 3.35. The number of aryl methyl sites for hydroxylation is 1. The molecule has 0 spiro atoms. The van der Waals surface area contributed by atoms with Gasteiger partial charge in [0.05, 0.1) is 5.69 Å². The molecule has 0 fully saturated rings. The van der Waals surface area contributed by atoms with Crippen LogP contribution in [0, 0.1) is 6.92 Å². The number of hydrogen-bond acceptors (Lipinski definition) is 5. The fraction of sp³-hybridized carbons (Fsp3) is 0.375. The monoisotopic (exact) mass is 197 g/mol. The molecule has 0 aliphatic carbocycles. The molecule has 1 unspecified atom stereocenters. The molecule has 0 aliphatic heterocycles. The van der Waals surface area contributed by atoms with Crippen molar-refractivity contribution < 1.29 is 14.6 Å². The van der Waals surface area contributed by atoms with Gasteiger partial charge >= 0.3 is 5.97 Å². The van der Waals surface area contributed by atoms with Gasteiger partial charge in [-0.05, 0) is 13.0 Å². The van der Waals surface area contributed by atoms with E-state index in [1.165, 1.54) is 0 Å². The lowest BCUT2D eigenvalue weighted by molar-refractivity contribution is -0.139. The summed E-state index contributed by atoms with van der Waals surface area (Å²) in [6, 6.07) is 2.28. The van der Waals surface area contributed by atoms with Gasteiger partial charge in [0.2, 0.25) is 5.88 Å². The summed E-state index contributed by atoms with van der Waals surface area (Å²) in [7, 11) is 0. The van der Waals surface area contributed by atoms with Gasteiger partial charge in [-0.1, -0.05) is 0 Å². The highest BCUT2D eigenvalue weighted by Crippen LogP contribution is 2.03. The molecule has 1 rings (SSSR count). The first kappa shape index (κ1) is 10.4. The molecule has 3 N–H and O–H groups in total. The summed E-state index contributed by atoms with van der Waals surface area (Å²) in [5.74, 6) is -0.836. The number of aromatic nitrogens is 2. The third-order valence-electron chi connectivity index (χ3n) is 1.50. The van der Waals surface area contributed by atoms with E-state index >= 15 is 0 Å². The molecule has 1 heterocycles. The predicted octanol–water partition coefficient (Wildman–Crippen LogP) is -0.424. The van der Waals surface area contributed by atoms with E-state index in [-0.39, 0.29) is 12.5 Å². The van der Waals surface area contributed by atoms with E-state index < -0.39 is 12.0 Å². The second-order valence-corrected chi connectivity index (χ2v) is 2.77. The van der Waals surface area contributed by atoms with E-state index in [0.29, 0.717) is 0 Å². The summed E-state index contributed by atoms with van der Waals surface area (Å²) in [5, 5.41) is 15.9. The van der Waals surface area contributed by atoms with Crippen LogP contribution in [0.2, 0.25) is 0 Å². The predicted molar refractivity (Wildman–Crippen MR) is 47.9 cm³/mol. The van der Waals surface area contributed by atoms with Crippen molar-refractivity contribution in [3.8, 4) is 5.88 Å². The third kappa shape index (κ3) is 2.98. The van der Waals surface area contributed by atoms with Gasteiger partial charge in [-0.15, -0.1) is 5.10 Å². The number of ether oxygens (including phenoxy) is 1. The number of carboxylic acid groups (broad SMARTS) is 1. The van der Waals surface area contributed by atoms with Crippen LogP contribution < -0.4 is 10.5 Å². The topological polar surface area (TPSA) is 98.3 Å². The molecule has 1 aromatic heterocycles. The van der Waals surface area contributed by atoms with Crippen molar-refractivity contribution in [2.24, 2.45) is 5.73 Å². The maximum Gasteiger partial charge on any atom is 0.324 e. The number of rotatable bonds is 4.